The lowest BCUT2D eigenvalue weighted by Gasteiger charge is -2.05. The van der Waals surface area contributed by atoms with E-state index in [-0.39, 0.29) is 5.56 Å². The molecule has 0 saturated carbocycles. The highest BCUT2D eigenvalue weighted by molar-refractivity contribution is 6.08. The molecule has 1 aliphatic rings. The summed E-state index contributed by atoms with van der Waals surface area (Å²) in [5, 5.41) is 11.9. The number of carbonyl (C=O) groups excluding carboxylic acids is 2. The van der Waals surface area contributed by atoms with Gasteiger partial charge in [-0.25, -0.2) is 4.79 Å². The van der Waals surface area contributed by atoms with Crippen molar-refractivity contribution in [1.29, 1.82) is 0 Å². The predicted octanol–water partition coefficient (Wildman–Crippen LogP) is 0.459. The summed E-state index contributed by atoms with van der Waals surface area (Å²) in [5.74, 6) is -1.07. The summed E-state index contributed by atoms with van der Waals surface area (Å²) in [6.45, 7) is 0. The van der Waals surface area contributed by atoms with E-state index in [1.807, 2.05) is 0 Å². The van der Waals surface area contributed by atoms with E-state index in [2.05, 4.69) is 10.1 Å². The number of esters is 1. The summed E-state index contributed by atoms with van der Waals surface area (Å²) in [4.78, 5) is 22.5. The number of hydrogen-bond donors (Lipinski definition) is 2. The van der Waals surface area contributed by atoms with E-state index in [4.69, 9.17) is 0 Å². The number of nitrogens with one attached hydrogen (secondary N) is 1. The number of carbonyl (C=O) groups is 2. The van der Waals surface area contributed by atoms with Crippen molar-refractivity contribution in [2.75, 3.05) is 12.4 Å². The van der Waals surface area contributed by atoms with E-state index in [0.29, 0.717) is 11.3 Å². The maximum atomic E-state index is 11.3. The number of benzene rings is 1. The van der Waals surface area contributed by atoms with E-state index in [0.717, 1.165) is 0 Å². The molecule has 1 aliphatic heterocycles. The van der Waals surface area contributed by atoms with Crippen LogP contribution in [0.2, 0.25) is 0 Å². The topological polar surface area (TPSA) is 75.6 Å². The van der Waals surface area contributed by atoms with Crippen molar-refractivity contribution in [3.63, 3.8) is 0 Å². The fourth-order valence-corrected chi connectivity index (χ4v) is 1.55. The largest absolute Gasteiger partial charge is 0.465 e. The van der Waals surface area contributed by atoms with Gasteiger partial charge in [0.25, 0.3) is 5.91 Å². The molecule has 1 aromatic carbocycles. The first-order chi connectivity index (χ1) is 7.15. The number of methoxy groups -OCH3 is 1. The Balaban J connectivity index is 2.54. The fourth-order valence-electron chi connectivity index (χ4n) is 1.55. The lowest BCUT2D eigenvalue weighted by molar-refractivity contribution is -0.123. The van der Waals surface area contributed by atoms with Gasteiger partial charge >= 0.3 is 5.97 Å². The summed E-state index contributed by atoms with van der Waals surface area (Å²) >= 11 is 0. The Morgan fingerprint density at radius 1 is 1.53 bits per heavy atom. The van der Waals surface area contributed by atoms with Gasteiger partial charge in [-0.3, -0.25) is 4.79 Å². The molecule has 15 heavy (non-hydrogen) atoms. The summed E-state index contributed by atoms with van der Waals surface area (Å²) in [5.41, 5.74) is 0.990. The average molecular weight is 207 g/mol. The summed E-state index contributed by atoms with van der Waals surface area (Å²) in [7, 11) is 1.26. The van der Waals surface area contributed by atoms with Crippen molar-refractivity contribution in [2.45, 2.75) is 6.10 Å². The Kier molecular flexibility index (Phi) is 2.17. The number of fused-ring (bicyclic) bond motifs is 1. The zero-order valence-electron chi connectivity index (χ0n) is 7.98. The van der Waals surface area contributed by atoms with Gasteiger partial charge < -0.3 is 15.2 Å². The third-order valence-electron chi connectivity index (χ3n) is 2.29. The molecule has 0 aliphatic carbocycles. The van der Waals surface area contributed by atoms with Gasteiger partial charge in [0, 0.05) is 5.56 Å². The molecule has 1 heterocycles. The maximum Gasteiger partial charge on any atom is 0.339 e. The zero-order valence-corrected chi connectivity index (χ0v) is 7.98. The first-order valence-corrected chi connectivity index (χ1v) is 4.35. The molecule has 1 aromatic rings. The van der Waals surface area contributed by atoms with Crippen molar-refractivity contribution in [1.82, 2.24) is 0 Å². The van der Waals surface area contributed by atoms with Crippen LogP contribution in [0.15, 0.2) is 18.2 Å². The Morgan fingerprint density at radius 3 is 2.93 bits per heavy atom. The van der Waals surface area contributed by atoms with E-state index >= 15 is 0 Å². The number of hydrogen-bond acceptors (Lipinski definition) is 4. The maximum absolute atomic E-state index is 11.3. The molecule has 2 rings (SSSR count). The highest BCUT2D eigenvalue weighted by Crippen LogP contribution is 2.33. The van der Waals surface area contributed by atoms with E-state index < -0.39 is 18.0 Å². The van der Waals surface area contributed by atoms with Gasteiger partial charge in [0.15, 0.2) is 6.10 Å². The van der Waals surface area contributed by atoms with Crippen molar-refractivity contribution < 1.29 is 19.4 Å². The van der Waals surface area contributed by atoms with E-state index in [9.17, 15) is 14.7 Å². The Morgan fingerprint density at radius 2 is 2.27 bits per heavy atom. The molecule has 0 bridgehead atoms. The summed E-state index contributed by atoms with van der Waals surface area (Å²) in [6.07, 6.45) is -1.20. The number of para-hydroxylation sites is 1. The Labute approximate surface area is 85.7 Å². The molecular weight excluding hydrogens is 198 g/mol. The first kappa shape index (κ1) is 9.67. The third-order valence-corrected chi connectivity index (χ3v) is 2.29. The zero-order chi connectivity index (χ0) is 11.0. The molecular formula is C10H9NO4. The van der Waals surface area contributed by atoms with Gasteiger partial charge in [-0.2, -0.15) is 0 Å². The molecule has 0 spiro atoms. The van der Waals surface area contributed by atoms with Crippen LogP contribution >= 0.6 is 0 Å². The molecule has 0 saturated heterocycles. The van der Waals surface area contributed by atoms with Crippen LogP contribution in [0, 0.1) is 0 Å². The van der Waals surface area contributed by atoms with Crippen LogP contribution in [0.4, 0.5) is 5.69 Å². The smallest absolute Gasteiger partial charge is 0.339 e. The van der Waals surface area contributed by atoms with Gasteiger partial charge in [-0.05, 0) is 6.07 Å². The second-order valence-corrected chi connectivity index (χ2v) is 3.15. The molecule has 0 unspecified atom stereocenters. The van der Waals surface area contributed by atoms with Crippen LogP contribution in [-0.2, 0) is 9.53 Å². The van der Waals surface area contributed by atoms with Crippen LogP contribution in [-0.4, -0.2) is 24.1 Å². The molecule has 1 atom stereocenters. The molecule has 0 fully saturated rings. The number of anilines is 1. The van der Waals surface area contributed by atoms with Crippen molar-refractivity contribution >= 4 is 17.6 Å². The lowest BCUT2D eigenvalue weighted by Crippen LogP contribution is -2.11. The van der Waals surface area contributed by atoms with Gasteiger partial charge in [0.1, 0.15) is 0 Å². The Hall–Kier alpha value is -1.88. The number of amides is 1. The highest BCUT2D eigenvalue weighted by Gasteiger charge is 2.31. The van der Waals surface area contributed by atoms with Gasteiger partial charge in [0.05, 0.1) is 18.4 Å². The van der Waals surface area contributed by atoms with E-state index in [1.54, 1.807) is 12.1 Å². The Bertz CT molecular complexity index is 441. The SMILES string of the molecule is COC(=O)c1cccc2c1NC(=O)[C@@H]2O. The van der Waals surface area contributed by atoms with Gasteiger partial charge in [-0.1, -0.05) is 12.1 Å². The first-order valence-electron chi connectivity index (χ1n) is 4.35. The van der Waals surface area contributed by atoms with E-state index in [1.165, 1.54) is 13.2 Å². The van der Waals surface area contributed by atoms with Crippen LogP contribution in [0.5, 0.6) is 0 Å². The average Bonchev–Trinajstić information content (AvgIpc) is 2.54. The van der Waals surface area contributed by atoms with Crippen LogP contribution < -0.4 is 5.32 Å². The van der Waals surface area contributed by atoms with Crippen molar-refractivity contribution in [2.24, 2.45) is 0 Å². The third kappa shape index (κ3) is 1.37. The molecule has 2 N–H and O–H groups in total. The highest BCUT2D eigenvalue weighted by atomic mass is 16.5. The monoisotopic (exact) mass is 207 g/mol. The van der Waals surface area contributed by atoms with Gasteiger partial charge in [-0.15, -0.1) is 0 Å². The van der Waals surface area contributed by atoms with Crippen LogP contribution in [0.25, 0.3) is 0 Å². The number of rotatable bonds is 1. The molecule has 5 nitrogen and oxygen atoms in total. The lowest BCUT2D eigenvalue weighted by atomic mass is 10.1. The second kappa shape index (κ2) is 3.36. The number of aliphatic hydroxyl groups is 1. The number of ether oxygens (including phenoxy) is 1. The summed E-state index contributed by atoms with van der Waals surface area (Å²) in [6, 6.07) is 4.71. The minimum absolute atomic E-state index is 0.250. The molecule has 78 valence electrons. The predicted molar refractivity (Wildman–Crippen MR) is 51.4 cm³/mol. The minimum atomic E-state index is -1.20. The molecule has 0 radical (unpaired) electrons. The molecule has 0 aromatic heterocycles. The number of aliphatic hydroxyl groups excluding tert-OH is 1. The van der Waals surface area contributed by atoms with Crippen molar-refractivity contribution in [3.8, 4) is 0 Å². The normalized spacial score (nSPS) is 18.3. The standard InChI is InChI=1S/C10H9NO4/c1-15-10(14)6-4-2-3-5-7(6)11-9(13)8(5)12/h2-4,8,12H,1H3,(H,11,13)/t8-/m1/s1. The fraction of sp³-hybridized carbons (Fsp3) is 0.200. The summed E-state index contributed by atoms with van der Waals surface area (Å²) < 4.78 is 4.56. The minimum Gasteiger partial charge on any atom is -0.465 e. The van der Waals surface area contributed by atoms with Crippen LogP contribution in [0.3, 0.4) is 0 Å². The molecule has 1 amide bonds. The second-order valence-electron chi connectivity index (χ2n) is 3.15. The molecule has 5 heteroatoms. The quantitative estimate of drug-likeness (QED) is 0.656. The van der Waals surface area contributed by atoms with Gasteiger partial charge in [0.2, 0.25) is 0 Å². The van der Waals surface area contributed by atoms with Crippen LogP contribution in [0.1, 0.15) is 22.0 Å². The van der Waals surface area contributed by atoms with Crippen molar-refractivity contribution in [3.05, 3.63) is 29.3 Å².